The molecule has 4 N–H and O–H groups in total. The highest BCUT2D eigenvalue weighted by atomic mass is 35.5. The highest BCUT2D eigenvalue weighted by molar-refractivity contribution is 6.30. The highest BCUT2D eigenvalue weighted by Crippen LogP contribution is 2.25. The fraction of sp³-hybridized carbons (Fsp3) is 0.250. The summed E-state index contributed by atoms with van der Waals surface area (Å²) in [6, 6.07) is 3.97. The summed E-state index contributed by atoms with van der Waals surface area (Å²) in [5, 5.41) is 18.5. The third kappa shape index (κ3) is 1.88. The summed E-state index contributed by atoms with van der Waals surface area (Å²) in [5.74, 6) is 0.0564. The number of phenols is 1. The third-order valence-electron chi connectivity index (χ3n) is 1.59. The second-order valence-electron chi connectivity index (χ2n) is 2.49. The van der Waals surface area contributed by atoms with Gasteiger partial charge in [-0.15, -0.1) is 0 Å². The Morgan fingerprint density at radius 1 is 1.50 bits per heavy atom. The second-order valence-corrected chi connectivity index (χ2v) is 2.93. The SMILES string of the molecule is N[C@@H](CO)c1cc(Cl)ccc1O. The Balaban J connectivity index is 3.04. The molecule has 0 unspecified atom stereocenters. The smallest absolute Gasteiger partial charge is 0.120 e. The van der Waals surface area contributed by atoms with Crippen LogP contribution in [0.5, 0.6) is 5.75 Å². The number of phenolic OH excluding ortho intramolecular Hbond substituents is 1. The van der Waals surface area contributed by atoms with Crippen LogP contribution in [0, 0.1) is 0 Å². The molecule has 0 aliphatic rings. The van der Waals surface area contributed by atoms with Crippen LogP contribution in [-0.2, 0) is 0 Å². The van der Waals surface area contributed by atoms with Gasteiger partial charge >= 0.3 is 0 Å². The molecule has 1 rings (SSSR count). The molecule has 0 heterocycles. The summed E-state index contributed by atoms with van der Waals surface area (Å²) in [5.41, 5.74) is 5.96. The van der Waals surface area contributed by atoms with Crippen LogP contribution in [0.4, 0.5) is 0 Å². The average Bonchev–Trinajstić information content (AvgIpc) is 2.08. The van der Waals surface area contributed by atoms with Crippen molar-refractivity contribution in [2.45, 2.75) is 6.04 Å². The van der Waals surface area contributed by atoms with Crippen LogP contribution < -0.4 is 5.73 Å². The van der Waals surface area contributed by atoms with Crippen molar-refractivity contribution in [3.63, 3.8) is 0 Å². The summed E-state index contributed by atoms with van der Waals surface area (Å²) < 4.78 is 0. The van der Waals surface area contributed by atoms with Gasteiger partial charge in [-0.05, 0) is 18.2 Å². The molecule has 66 valence electrons. The Kier molecular flexibility index (Phi) is 2.92. The number of aromatic hydroxyl groups is 1. The van der Waals surface area contributed by atoms with E-state index >= 15 is 0 Å². The van der Waals surface area contributed by atoms with Gasteiger partial charge in [0.2, 0.25) is 0 Å². The zero-order valence-corrected chi connectivity index (χ0v) is 7.12. The average molecular weight is 188 g/mol. The van der Waals surface area contributed by atoms with Crippen LogP contribution in [0.15, 0.2) is 18.2 Å². The highest BCUT2D eigenvalue weighted by Gasteiger charge is 2.09. The van der Waals surface area contributed by atoms with Gasteiger partial charge in [-0.1, -0.05) is 11.6 Å². The van der Waals surface area contributed by atoms with E-state index in [4.69, 9.17) is 22.4 Å². The van der Waals surface area contributed by atoms with Gasteiger partial charge in [0, 0.05) is 10.6 Å². The maximum absolute atomic E-state index is 9.29. The van der Waals surface area contributed by atoms with E-state index in [1.807, 2.05) is 0 Å². The topological polar surface area (TPSA) is 66.5 Å². The molecule has 4 heteroatoms. The molecule has 0 fully saturated rings. The van der Waals surface area contributed by atoms with E-state index in [0.717, 1.165) is 0 Å². The standard InChI is InChI=1S/C8H10ClNO2/c9-5-1-2-8(12)6(3-5)7(10)4-11/h1-3,7,11-12H,4,10H2/t7-/m0/s1. The van der Waals surface area contributed by atoms with Crippen LogP contribution >= 0.6 is 11.6 Å². The molecule has 0 saturated carbocycles. The first-order valence-electron chi connectivity index (χ1n) is 3.50. The van der Waals surface area contributed by atoms with E-state index in [1.165, 1.54) is 12.1 Å². The largest absolute Gasteiger partial charge is 0.508 e. The minimum absolute atomic E-state index is 0.0564. The Labute approximate surface area is 75.4 Å². The van der Waals surface area contributed by atoms with E-state index < -0.39 is 6.04 Å². The molecule has 1 aromatic rings. The molecule has 3 nitrogen and oxygen atoms in total. The van der Waals surface area contributed by atoms with Crippen LogP contribution in [-0.4, -0.2) is 16.8 Å². The predicted octanol–water partition coefficient (Wildman–Crippen LogP) is 1.04. The Hall–Kier alpha value is -0.770. The Morgan fingerprint density at radius 2 is 2.17 bits per heavy atom. The summed E-state index contributed by atoms with van der Waals surface area (Å²) in [6.45, 7) is -0.214. The molecular formula is C8H10ClNO2. The Bertz CT molecular complexity index is 278. The van der Waals surface area contributed by atoms with E-state index in [1.54, 1.807) is 6.07 Å². The lowest BCUT2D eigenvalue weighted by atomic mass is 10.1. The number of benzene rings is 1. The first-order chi connectivity index (χ1) is 5.65. The van der Waals surface area contributed by atoms with E-state index in [-0.39, 0.29) is 12.4 Å². The minimum atomic E-state index is -0.580. The van der Waals surface area contributed by atoms with Crippen molar-refractivity contribution >= 4 is 11.6 Å². The molecule has 12 heavy (non-hydrogen) atoms. The lowest BCUT2D eigenvalue weighted by Gasteiger charge is -2.10. The summed E-state index contributed by atoms with van der Waals surface area (Å²) >= 11 is 5.67. The molecule has 0 radical (unpaired) electrons. The molecule has 0 aliphatic carbocycles. The van der Waals surface area contributed by atoms with Gasteiger partial charge in [0.25, 0.3) is 0 Å². The lowest BCUT2D eigenvalue weighted by molar-refractivity contribution is 0.265. The first kappa shape index (κ1) is 9.32. The zero-order valence-electron chi connectivity index (χ0n) is 6.37. The summed E-state index contributed by atoms with van der Waals surface area (Å²) in [6.07, 6.45) is 0. The number of halogens is 1. The van der Waals surface area contributed by atoms with Crippen molar-refractivity contribution in [3.8, 4) is 5.75 Å². The number of hydrogen-bond donors (Lipinski definition) is 3. The number of nitrogens with two attached hydrogens (primary N) is 1. The normalized spacial score (nSPS) is 12.9. The fourth-order valence-corrected chi connectivity index (χ4v) is 1.10. The molecule has 0 bridgehead atoms. The molecule has 0 amide bonds. The van der Waals surface area contributed by atoms with Crippen LogP contribution in [0.3, 0.4) is 0 Å². The van der Waals surface area contributed by atoms with E-state index in [2.05, 4.69) is 0 Å². The summed E-state index contributed by atoms with van der Waals surface area (Å²) in [4.78, 5) is 0. The number of aliphatic hydroxyl groups is 1. The predicted molar refractivity (Wildman–Crippen MR) is 47.1 cm³/mol. The molecule has 1 aromatic carbocycles. The zero-order chi connectivity index (χ0) is 9.14. The second kappa shape index (κ2) is 3.76. The van der Waals surface area contributed by atoms with Crippen molar-refractivity contribution in [3.05, 3.63) is 28.8 Å². The van der Waals surface area contributed by atoms with Gasteiger partial charge in [-0.2, -0.15) is 0 Å². The molecular weight excluding hydrogens is 178 g/mol. The monoisotopic (exact) mass is 187 g/mol. The van der Waals surface area contributed by atoms with Crippen molar-refractivity contribution in [2.75, 3.05) is 6.61 Å². The molecule has 0 spiro atoms. The number of hydrogen-bond acceptors (Lipinski definition) is 3. The quantitative estimate of drug-likeness (QED) is 0.648. The minimum Gasteiger partial charge on any atom is -0.508 e. The van der Waals surface area contributed by atoms with Gasteiger partial charge in [-0.25, -0.2) is 0 Å². The van der Waals surface area contributed by atoms with Gasteiger partial charge in [0.15, 0.2) is 0 Å². The number of aliphatic hydroxyl groups excluding tert-OH is 1. The Morgan fingerprint density at radius 3 is 2.75 bits per heavy atom. The maximum atomic E-state index is 9.29. The molecule has 0 saturated heterocycles. The first-order valence-corrected chi connectivity index (χ1v) is 3.88. The van der Waals surface area contributed by atoms with Gasteiger partial charge in [0.1, 0.15) is 5.75 Å². The van der Waals surface area contributed by atoms with Gasteiger partial charge in [-0.3, -0.25) is 0 Å². The van der Waals surface area contributed by atoms with Gasteiger partial charge in [0.05, 0.1) is 12.6 Å². The molecule has 0 aliphatic heterocycles. The van der Waals surface area contributed by atoms with Crippen molar-refractivity contribution in [1.82, 2.24) is 0 Å². The molecule has 1 atom stereocenters. The van der Waals surface area contributed by atoms with E-state index in [0.29, 0.717) is 10.6 Å². The lowest BCUT2D eigenvalue weighted by Crippen LogP contribution is -2.14. The van der Waals surface area contributed by atoms with Crippen molar-refractivity contribution in [2.24, 2.45) is 5.73 Å². The van der Waals surface area contributed by atoms with Crippen molar-refractivity contribution in [1.29, 1.82) is 0 Å². The fourth-order valence-electron chi connectivity index (χ4n) is 0.921. The number of rotatable bonds is 2. The third-order valence-corrected chi connectivity index (χ3v) is 1.82. The van der Waals surface area contributed by atoms with Crippen LogP contribution in [0.25, 0.3) is 0 Å². The maximum Gasteiger partial charge on any atom is 0.120 e. The van der Waals surface area contributed by atoms with Crippen molar-refractivity contribution < 1.29 is 10.2 Å². The van der Waals surface area contributed by atoms with Gasteiger partial charge < -0.3 is 15.9 Å². The van der Waals surface area contributed by atoms with E-state index in [9.17, 15) is 5.11 Å². The van der Waals surface area contributed by atoms with Crippen LogP contribution in [0.1, 0.15) is 11.6 Å². The van der Waals surface area contributed by atoms with Crippen LogP contribution in [0.2, 0.25) is 5.02 Å². The molecule has 0 aromatic heterocycles. The summed E-state index contributed by atoms with van der Waals surface area (Å²) in [7, 11) is 0.